The highest BCUT2D eigenvalue weighted by atomic mass is 16.5. The Morgan fingerprint density at radius 1 is 1.30 bits per heavy atom. The molecule has 7 nitrogen and oxygen atoms in total. The molecule has 140 valence electrons. The van der Waals surface area contributed by atoms with Crippen molar-refractivity contribution in [2.75, 3.05) is 35.3 Å². The lowest BCUT2D eigenvalue weighted by molar-refractivity contribution is 0.250. The number of rotatable bonds is 5. The molecule has 0 atom stereocenters. The van der Waals surface area contributed by atoms with Gasteiger partial charge in [-0.2, -0.15) is 0 Å². The maximum atomic E-state index is 13.3. The van der Waals surface area contributed by atoms with Crippen LogP contribution in [0.1, 0.15) is 19.4 Å². The highest BCUT2D eigenvalue weighted by Crippen LogP contribution is 2.37. The van der Waals surface area contributed by atoms with Gasteiger partial charge in [0, 0.05) is 54.3 Å². The molecule has 2 N–H and O–H groups in total. The number of anilines is 3. The Hall–Kier alpha value is -3.22. The van der Waals surface area contributed by atoms with Gasteiger partial charge in [-0.05, 0) is 26.0 Å². The van der Waals surface area contributed by atoms with Crippen molar-refractivity contribution >= 4 is 34.1 Å². The van der Waals surface area contributed by atoms with Gasteiger partial charge in [0.25, 0.3) is 0 Å². The molecule has 0 fully saturated rings. The largest absolute Gasteiger partial charge is 0.497 e. The fourth-order valence-electron chi connectivity index (χ4n) is 3.61. The number of nitrogens with zero attached hydrogens (tertiary/aromatic N) is 3. The first-order valence-corrected chi connectivity index (χ1v) is 9.13. The summed E-state index contributed by atoms with van der Waals surface area (Å²) < 4.78 is 5.43. The van der Waals surface area contributed by atoms with E-state index in [2.05, 4.69) is 15.3 Å². The molecule has 0 unspecified atom stereocenters. The number of urea groups is 1. The zero-order valence-corrected chi connectivity index (χ0v) is 15.7. The summed E-state index contributed by atoms with van der Waals surface area (Å²) in [5, 5.41) is 4.27. The Morgan fingerprint density at radius 2 is 2.15 bits per heavy atom. The van der Waals surface area contributed by atoms with E-state index >= 15 is 0 Å². The highest BCUT2D eigenvalue weighted by molar-refractivity contribution is 6.11. The van der Waals surface area contributed by atoms with Crippen molar-refractivity contribution in [1.82, 2.24) is 9.97 Å². The van der Waals surface area contributed by atoms with E-state index < -0.39 is 0 Å². The number of hydrogen-bond acceptors (Lipinski definition) is 4. The van der Waals surface area contributed by atoms with Gasteiger partial charge in [-0.1, -0.05) is 0 Å². The first kappa shape index (κ1) is 17.2. The first-order valence-electron chi connectivity index (χ1n) is 9.13. The number of carbonyl (C=O) groups excluding carboxylic acids is 1. The molecule has 1 aliphatic heterocycles. The smallest absolute Gasteiger partial charge is 0.329 e. The van der Waals surface area contributed by atoms with Crippen molar-refractivity contribution in [3.63, 3.8) is 0 Å². The third-order valence-electron chi connectivity index (χ3n) is 4.83. The summed E-state index contributed by atoms with van der Waals surface area (Å²) in [6.07, 6.45) is 3.70. The first-order chi connectivity index (χ1) is 13.2. The van der Waals surface area contributed by atoms with Gasteiger partial charge in [0.15, 0.2) is 0 Å². The second-order valence-corrected chi connectivity index (χ2v) is 6.44. The Kier molecular flexibility index (Phi) is 4.35. The van der Waals surface area contributed by atoms with Gasteiger partial charge in [0.1, 0.15) is 11.4 Å². The van der Waals surface area contributed by atoms with Crippen LogP contribution in [0.5, 0.6) is 5.75 Å². The fraction of sp³-hybridized carbons (Fsp3) is 0.300. The zero-order chi connectivity index (χ0) is 19.0. The molecule has 27 heavy (non-hydrogen) atoms. The molecule has 0 aliphatic carbocycles. The van der Waals surface area contributed by atoms with Crippen molar-refractivity contribution in [1.29, 1.82) is 0 Å². The number of carbonyl (C=O) groups is 1. The van der Waals surface area contributed by atoms with Crippen LogP contribution in [0.4, 0.5) is 21.9 Å². The molecule has 2 amide bonds. The van der Waals surface area contributed by atoms with E-state index in [-0.39, 0.29) is 6.03 Å². The normalized spacial score (nSPS) is 13.8. The van der Waals surface area contributed by atoms with Gasteiger partial charge in [-0.25, -0.2) is 9.78 Å². The molecule has 0 saturated carbocycles. The number of amides is 2. The second-order valence-electron chi connectivity index (χ2n) is 6.44. The fourth-order valence-corrected chi connectivity index (χ4v) is 3.61. The summed E-state index contributed by atoms with van der Waals surface area (Å²) >= 11 is 0. The number of hydrogen-bond donors (Lipinski definition) is 2. The number of pyridine rings is 1. The molecule has 0 saturated heterocycles. The van der Waals surface area contributed by atoms with Gasteiger partial charge in [0.05, 0.1) is 25.0 Å². The number of ether oxygens (including phenoxy) is 1. The molecule has 0 spiro atoms. The number of aromatic amines is 1. The summed E-state index contributed by atoms with van der Waals surface area (Å²) in [4.78, 5) is 24.5. The quantitative estimate of drug-likeness (QED) is 0.717. The summed E-state index contributed by atoms with van der Waals surface area (Å²) in [7, 11) is 1.63. The van der Waals surface area contributed by atoms with Crippen LogP contribution in [0.3, 0.4) is 0 Å². The van der Waals surface area contributed by atoms with Gasteiger partial charge in [-0.15, -0.1) is 0 Å². The van der Waals surface area contributed by atoms with Crippen LogP contribution in [0.15, 0.2) is 36.7 Å². The van der Waals surface area contributed by atoms with Crippen molar-refractivity contribution in [2.45, 2.75) is 20.4 Å². The summed E-state index contributed by atoms with van der Waals surface area (Å²) in [6.45, 7) is 5.86. The Balaban J connectivity index is 1.81. The zero-order valence-electron chi connectivity index (χ0n) is 15.7. The maximum Gasteiger partial charge on any atom is 0.329 e. The maximum absolute atomic E-state index is 13.3. The van der Waals surface area contributed by atoms with E-state index in [4.69, 9.17) is 4.74 Å². The Labute approximate surface area is 157 Å². The van der Waals surface area contributed by atoms with Crippen molar-refractivity contribution in [3.05, 3.63) is 42.2 Å². The Bertz CT molecular complexity index is 997. The summed E-state index contributed by atoms with van der Waals surface area (Å²) in [5.74, 6) is 0.712. The molecular weight excluding hydrogens is 342 g/mol. The van der Waals surface area contributed by atoms with E-state index in [1.165, 1.54) is 0 Å². The SMILES string of the molecule is CCNc1cc(OC)cc(N2Cc3cnc4[nH]ccc4c3N(CC)C2=O)c1. The van der Waals surface area contributed by atoms with Crippen LogP contribution in [0.2, 0.25) is 0 Å². The predicted molar refractivity (Wildman–Crippen MR) is 108 cm³/mol. The van der Waals surface area contributed by atoms with Gasteiger partial charge >= 0.3 is 6.03 Å². The second kappa shape index (κ2) is 6.83. The number of aromatic nitrogens is 2. The van der Waals surface area contributed by atoms with Gasteiger partial charge in [-0.3, -0.25) is 9.80 Å². The number of fused-ring (bicyclic) bond motifs is 3. The third kappa shape index (κ3) is 2.85. The van der Waals surface area contributed by atoms with E-state index in [9.17, 15) is 4.79 Å². The number of nitrogens with one attached hydrogen (secondary N) is 2. The number of methoxy groups -OCH3 is 1. The van der Waals surface area contributed by atoms with Crippen LogP contribution >= 0.6 is 0 Å². The lowest BCUT2D eigenvalue weighted by Gasteiger charge is -2.37. The molecule has 7 heteroatoms. The molecular formula is C20H23N5O2. The molecule has 0 bridgehead atoms. The third-order valence-corrected chi connectivity index (χ3v) is 4.83. The predicted octanol–water partition coefficient (Wildman–Crippen LogP) is 3.97. The monoisotopic (exact) mass is 365 g/mol. The molecule has 1 aromatic carbocycles. The lowest BCUT2D eigenvalue weighted by Crippen LogP contribution is -2.47. The number of H-pyrrole nitrogens is 1. The molecule has 3 heterocycles. The average molecular weight is 365 g/mol. The van der Waals surface area contributed by atoms with Gasteiger partial charge in [0.2, 0.25) is 0 Å². The lowest BCUT2D eigenvalue weighted by atomic mass is 10.1. The van der Waals surface area contributed by atoms with E-state index in [1.807, 2.05) is 55.4 Å². The van der Waals surface area contributed by atoms with E-state index in [0.29, 0.717) is 18.8 Å². The Morgan fingerprint density at radius 3 is 2.89 bits per heavy atom. The van der Waals surface area contributed by atoms with Crippen LogP contribution < -0.4 is 19.9 Å². The minimum Gasteiger partial charge on any atom is -0.497 e. The highest BCUT2D eigenvalue weighted by Gasteiger charge is 2.32. The van der Waals surface area contributed by atoms with Gasteiger partial charge < -0.3 is 15.0 Å². The minimum absolute atomic E-state index is 0.0469. The molecule has 4 rings (SSSR count). The number of benzene rings is 1. The minimum atomic E-state index is -0.0469. The molecule has 1 aliphatic rings. The van der Waals surface area contributed by atoms with Crippen molar-refractivity contribution in [2.24, 2.45) is 0 Å². The van der Waals surface area contributed by atoms with Crippen LogP contribution in [0.25, 0.3) is 11.0 Å². The van der Waals surface area contributed by atoms with E-state index in [0.717, 1.165) is 40.2 Å². The average Bonchev–Trinajstić information content (AvgIpc) is 3.16. The molecule has 2 aromatic heterocycles. The van der Waals surface area contributed by atoms with Crippen LogP contribution in [-0.2, 0) is 6.54 Å². The summed E-state index contributed by atoms with van der Waals surface area (Å²) in [6, 6.07) is 7.72. The molecule has 0 radical (unpaired) electrons. The summed E-state index contributed by atoms with van der Waals surface area (Å²) in [5.41, 5.74) is 4.49. The molecule has 3 aromatic rings. The van der Waals surface area contributed by atoms with Crippen LogP contribution in [0, 0.1) is 0 Å². The topological polar surface area (TPSA) is 73.5 Å². The van der Waals surface area contributed by atoms with Crippen LogP contribution in [-0.4, -0.2) is 36.2 Å². The standard InChI is InChI=1S/C20H23N5O2/c1-4-21-14-8-15(10-16(9-14)27-3)25-12-13-11-23-19-17(6-7-22-19)18(13)24(5-2)20(25)26/h6-11,21H,4-5,12H2,1-3H3,(H,22,23). The van der Waals surface area contributed by atoms with Crippen molar-refractivity contribution < 1.29 is 9.53 Å². The van der Waals surface area contributed by atoms with Crippen molar-refractivity contribution in [3.8, 4) is 5.75 Å². The van der Waals surface area contributed by atoms with E-state index in [1.54, 1.807) is 12.0 Å².